The Bertz CT molecular complexity index is 760. The number of nitrogens with one attached hydrogen (secondary N) is 1. The number of hydrogen-bond acceptors (Lipinski definition) is 2. The number of carboxylic acids is 1. The van der Waals surface area contributed by atoms with E-state index in [2.05, 4.69) is 5.32 Å². The molecule has 25 heavy (non-hydrogen) atoms. The SMILES string of the molecule is CC(C(=O)O)C(NC(=O)C1CC1c1ccc(F)cc1)c1ccccc1. The third-order valence-corrected chi connectivity index (χ3v) is 4.77. The van der Waals surface area contributed by atoms with E-state index in [0.29, 0.717) is 6.42 Å². The van der Waals surface area contributed by atoms with E-state index in [1.807, 2.05) is 30.3 Å². The van der Waals surface area contributed by atoms with Gasteiger partial charge in [0.2, 0.25) is 5.91 Å². The van der Waals surface area contributed by atoms with Crippen LogP contribution in [0.1, 0.15) is 36.4 Å². The zero-order chi connectivity index (χ0) is 18.0. The van der Waals surface area contributed by atoms with E-state index < -0.39 is 17.9 Å². The monoisotopic (exact) mass is 341 g/mol. The van der Waals surface area contributed by atoms with Gasteiger partial charge in [0.15, 0.2) is 0 Å². The molecule has 5 heteroatoms. The molecule has 0 aliphatic heterocycles. The molecule has 2 aromatic rings. The number of carboxylic acid groups (broad SMARTS) is 1. The molecule has 0 bridgehead atoms. The Balaban J connectivity index is 1.71. The highest BCUT2D eigenvalue weighted by Crippen LogP contribution is 2.48. The summed E-state index contributed by atoms with van der Waals surface area (Å²) in [5, 5.41) is 12.2. The summed E-state index contributed by atoms with van der Waals surface area (Å²) >= 11 is 0. The van der Waals surface area contributed by atoms with Crippen LogP contribution in [0.5, 0.6) is 0 Å². The Labute approximate surface area is 145 Å². The van der Waals surface area contributed by atoms with Gasteiger partial charge in [-0.2, -0.15) is 0 Å². The maximum absolute atomic E-state index is 13.0. The lowest BCUT2D eigenvalue weighted by molar-refractivity contribution is -0.142. The summed E-state index contributed by atoms with van der Waals surface area (Å²) in [4.78, 5) is 24.0. The molecule has 0 heterocycles. The lowest BCUT2D eigenvalue weighted by atomic mass is 9.94. The number of halogens is 1. The highest BCUT2D eigenvalue weighted by Gasteiger charge is 2.45. The van der Waals surface area contributed by atoms with E-state index in [1.54, 1.807) is 19.1 Å². The van der Waals surface area contributed by atoms with Crippen molar-refractivity contribution in [3.63, 3.8) is 0 Å². The fourth-order valence-corrected chi connectivity index (χ4v) is 3.12. The summed E-state index contributed by atoms with van der Waals surface area (Å²) in [6.07, 6.45) is 0.695. The number of carbonyl (C=O) groups excluding carboxylic acids is 1. The lowest BCUT2D eigenvalue weighted by Crippen LogP contribution is -2.36. The molecule has 3 rings (SSSR count). The second kappa shape index (κ2) is 7.05. The first-order chi connectivity index (χ1) is 12.0. The molecule has 4 nitrogen and oxygen atoms in total. The summed E-state index contributed by atoms with van der Waals surface area (Å²) in [6.45, 7) is 1.59. The molecular weight excluding hydrogens is 321 g/mol. The van der Waals surface area contributed by atoms with Crippen molar-refractivity contribution in [1.29, 1.82) is 0 Å². The van der Waals surface area contributed by atoms with Gasteiger partial charge in [-0.1, -0.05) is 42.5 Å². The molecule has 1 aliphatic carbocycles. The molecule has 0 aromatic heterocycles. The Kier molecular flexibility index (Phi) is 4.83. The highest BCUT2D eigenvalue weighted by atomic mass is 19.1. The van der Waals surface area contributed by atoms with Gasteiger partial charge in [0.25, 0.3) is 0 Å². The second-order valence-corrected chi connectivity index (χ2v) is 6.52. The molecule has 0 spiro atoms. The van der Waals surface area contributed by atoms with E-state index in [0.717, 1.165) is 11.1 Å². The number of amides is 1. The van der Waals surface area contributed by atoms with Crippen LogP contribution in [0, 0.1) is 17.7 Å². The molecule has 130 valence electrons. The van der Waals surface area contributed by atoms with E-state index in [4.69, 9.17) is 0 Å². The Hall–Kier alpha value is -2.69. The molecule has 4 atom stereocenters. The van der Waals surface area contributed by atoms with Crippen LogP contribution in [0.4, 0.5) is 4.39 Å². The number of benzene rings is 2. The zero-order valence-corrected chi connectivity index (χ0v) is 13.9. The number of rotatable bonds is 6. The van der Waals surface area contributed by atoms with Crippen molar-refractivity contribution >= 4 is 11.9 Å². The van der Waals surface area contributed by atoms with E-state index in [1.165, 1.54) is 12.1 Å². The molecule has 2 N–H and O–H groups in total. The molecule has 2 aromatic carbocycles. The van der Waals surface area contributed by atoms with E-state index in [-0.39, 0.29) is 23.6 Å². The zero-order valence-electron chi connectivity index (χ0n) is 13.9. The molecule has 0 radical (unpaired) electrons. The van der Waals surface area contributed by atoms with Crippen molar-refractivity contribution in [3.05, 3.63) is 71.5 Å². The largest absolute Gasteiger partial charge is 0.481 e. The minimum atomic E-state index is -0.958. The molecule has 0 saturated heterocycles. The first kappa shape index (κ1) is 17.1. The Morgan fingerprint density at radius 1 is 1.12 bits per heavy atom. The summed E-state index contributed by atoms with van der Waals surface area (Å²) in [5.41, 5.74) is 1.70. The third kappa shape index (κ3) is 3.87. The predicted molar refractivity (Wildman–Crippen MR) is 91.4 cm³/mol. The van der Waals surface area contributed by atoms with Crippen LogP contribution in [0.3, 0.4) is 0 Å². The molecule has 1 aliphatic rings. The fraction of sp³-hybridized carbons (Fsp3) is 0.300. The van der Waals surface area contributed by atoms with Crippen LogP contribution in [0.15, 0.2) is 54.6 Å². The minimum Gasteiger partial charge on any atom is -0.481 e. The summed E-state index contributed by atoms with van der Waals surface area (Å²) in [7, 11) is 0. The average Bonchev–Trinajstić information content (AvgIpc) is 3.41. The molecular formula is C20H20FNO3. The first-order valence-electron chi connectivity index (χ1n) is 8.31. The quantitative estimate of drug-likeness (QED) is 0.845. The normalized spacial score (nSPS) is 21.2. The van der Waals surface area contributed by atoms with Crippen LogP contribution in [-0.4, -0.2) is 17.0 Å². The van der Waals surface area contributed by atoms with Crippen LogP contribution in [0.2, 0.25) is 0 Å². The van der Waals surface area contributed by atoms with Gasteiger partial charge in [-0.25, -0.2) is 4.39 Å². The van der Waals surface area contributed by atoms with Crippen LogP contribution < -0.4 is 5.32 Å². The van der Waals surface area contributed by atoms with Gasteiger partial charge in [0.1, 0.15) is 5.82 Å². The summed E-state index contributed by atoms with van der Waals surface area (Å²) in [5.74, 6) is -2.29. The standard InChI is InChI=1S/C20H20FNO3/c1-12(20(24)25)18(14-5-3-2-4-6-14)22-19(23)17-11-16(17)13-7-9-15(21)10-8-13/h2-10,12,16-18H,11H2,1H3,(H,22,23)(H,24,25). The van der Waals surface area contributed by atoms with Gasteiger partial charge in [-0.05, 0) is 42.5 Å². The van der Waals surface area contributed by atoms with Crippen molar-refractivity contribution in [3.8, 4) is 0 Å². The van der Waals surface area contributed by atoms with Gasteiger partial charge in [-0.3, -0.25) is 9.59 Å². The fourth-order valence-electron chi connectivity index (χ4n) is 3.12. The Morgan fingerprint density at radius 2 is 1.76 bits per heavy atom. The van der Waals surface area contributed by atoms with Gasteiger partial charge < -0.3 is 10.4 Å². The van der Waals surface area contributed by atoms with Crippen molar-refractivity contribution in [2.45, 2.75) is 25.3 Å². The van der Waals surface area contributed by atoms with Gasteiger partial charge >= 0.3 is 5.97 Å². The van der Waals surface area contributed by atoms with Crippen LogP contribution >= 0.6 is 0 Å². The van der Waals surface area contributed by atoms with Crippen molar-refractivity contribution in [2.75, 3.05) is 0 Å². The van der Waals surface area contributed by atoms with Crippen molar-refractivity contribution in [2.24, 2.45) is 11.8 Å². The summed E-state index contributed by atoms with van der Waals surface area (Å²) < 4.78 is 13.0. The minimum absolute atomic E-state index is 0.0668. The highest BCUT2D eigenvalue weighted by molar-refractivity contribution is 5.84. The number of hydrogen-bond donors (Lipinski definition) is 2. The van der Waals surface area contributed by atoms with Gasteiger partial charge in [-0.15, -0.1) is 0 Å². The van der Waals surface area contributed by atoms with Crippen LogP contribution in [0.25, 0.3) is 0 Å². The van der Waals surface area contributed by atoms with Crippen molar-refractivity contribution in [1.82, 2.24) is 5.32 Å². The van der Waals surface area contributed by atoms with Gasteiger partial charge in [0, 0.05) is 5.92 Å². The maximum atomic E-state index is 13.0. The Morgan fingerprint density at radius 3 is 2.36 bits per heavy atom. The second-order valence-electron chi connectivity index (χ2n) is 6.52. The maximum Gasteiger partial charge on any atom is 0.308 e. The van der Waals surface area contributed by atoms with Crippen LogP contribution in [-0.2, 0) is 9.59 Å². The lowest BCUT2D eigenvalue weighted by Gasteiger charge is -2.23. The van der Waals surface area contributed by atoms with E-state index in [9.17, 15) is 19.1 Å². The van der Waals surface area contributed by atoms with Gasteiger partial charge in [0.05, 0.1) is 12.0 Å². The molecule has 1 amide bonds. The molecule has 1 fully saturated rings. The smallest absolute Gasteiger partial charge is 0.308 e. The predicted octanol–water partition coefficient (Wildman–Crippen LogP) is 3.51. The molecule has 1 saturated carbocycles. The number of aliphatic carboxylic acids is 1. The average molecular weight is 341 g/mol. The molecule has 4 unspecified atom stereocenters. The number of carbonyl (C=O) groups is 2. The topological polar surface area (TPSA) is 66.4 Å². The van der Waals surface area contributed by atoms with Crippen molar-refractivity contribution < 1.29 is 19.1 Å². The summed E-state index contributed by atoms with van der Waals surface area (Å²) in [6, 6.07) is 14.7. The van der Waals surface area contributed by atoms with E-state index >= 15 is 0 Å². The third-order valence-electron chi connectivity index (χ3n) is 4.77. The first-order valence-corrected chi connectivity index (χ1v) is 8.31.